The van der Waals surface area contributed by atoms with E-state index in [0.29, 0.717) is 32.7 Å². The van der Waals surface area contributed by atoms with Crippen molar-refractivity contribution < 1.29 is 23.8 Å². The third-order valence-electron chi connectivity index (χ3n) is 4.79. The summed E-state index contributed by atoms with van der Waals surface area (Å²) in [6.07, 6.45) is 0.803. The van der Waals surface area contributed by atoms with Gasteiger partial charge < -0.3 is 24.2 Å². The summed E-state index contributed by atoms with van der Waals surface area (Å²) in [6.45, 7) is 8.88. The average Bonchev–Trinajstić information content (AvgIpc) is 2.67. The molecule has 2 aromatic heterocycles. The molecule has 0 aromatic carbocycles. The molecule has 9 nitrogen and oxygen atoms in total. The van der Waals surface area contributed by atoms with Crippen LogP contribution >= 0.6 is 0 Å². The maximum absolute atomic E-state index is 14.8. The summed E-state index contributed by atoms with van der Waals surface area (Å²) >= 11 is 0. The summed E-state index contributed by atoms with van der Waals surface area (Å²) in [5.41, 5.74) is -1.57. The number of carboxylic acid groups (broad SMARTS) is 1. The number of aromatic carboxylic acids is 1. The van der Waals surface area contributed by atoms with Gasteiger partial charge in [0.1, 0.15) is 16.8 Å². The average molecular weight is 420 g/mol. The van der Waals surface area contributed by atoms with Crippen LogP contribution in [0, 0.1) is 5.82 Å². The molecule has 3 rings (SSSR count). The van der Waals surface area contributed by atoms with Crippen molar-refractivity contribution in [3.05, 3.63) is 33.9 Å². The molecule has 2 aromatic rings. The molecule has 0 spiro atoms. The SMILES string of the molecule is CCn1cc(C(=O)O)c(=O)c2cc(F)c(N3CCN(C(=O)OC(C)(C)C)CC3)nc21. The van der Waals surface area contributed by atoms with Gasteiger partial charge in [-0.15, -0.1) is 0 Å². The van der Waals surface area contributed by atoms with Gasteiger partial charge in [0.15, 0.2) is 11.6 Å². The monoisotopic (exact) mass is 420 g/mol. The molecule has 1 fully saturated rings. The minimum atomic E-state index is -1.37. The number of aryl methyl sites for hydroxylation is 1. The van der Waals surface area contributed by atoms with Crippen molar-refractivity contribution in [3.8, 4) is 0 Å². The highest BCUT2D eigenvalue weighted by molar-refractivity contribution is 5.92. The zero-order valence-electron chi connectivity index (χ0n) is 17.4. The number of halogens is 1. The Morgan fingerprint density at radius 2 is 1.87 bits per heavy atom. The first-order chi connectivity index (χ1) is 14.0. The smallest absolute Gasteiger partial charge is 0.410 e. The molecule has 1 aliphatic heterocycles. The quantitative estimate of drug-likeness (QED) is 0.812. The Morgan fingerprint density at radius 1 is 1.23 bits per heavy atom. The van der Waals surface area contributed by atoms with Crippen LogP contribution in [0.3, 0.4) is 0 Å². The minimum absolute atomic E-state index is 0.0658. The van der Waals surface area contributed by atoms with Gasteiger partial charge in [-0.25, -0.2) is 19.0 Å². The molecule has 30 heavy (non-hydrogen) atoms. The second-order valence-corrected chi connectivity index (χ2v) is 8.08. The van der Waals surface area contributed by atoms with Gasteiger partial charge >= 0.3 is 12.1 Å². The number of piperazine rings is 1. The second kappa shape index (κ2) is 7.92. The van der Waals surface area contributed by atoms with Crippen LogP contribution < -0.4 is 10.3 Å². The predicted molar refractivity (Wildman–Crippen MR) is 109 cm³/mol. The summed E-state index contributed by atoms with van der Waals surface area (Å²) in [5.74, 6) is -2.02. The van der Waals surface area contributed by atoms with Crippen molar-refractivity contribution in [1.29, 1.82) is 0 Å². The van der Waals surface area contributed by atoms with Gasteiger partial charge in [-0.2, -0.15) is 0 Å². The molecular formula is C20H25FN4O5. The molecule has 1 saturated heterocycles. The van der Waals surface area contributed by atoms with Crippen LogP contribution in [0.1, 0.15) is 38.1 Å². The van der Waals surface area contributed by atoms with Gasteiger partial charge in [0, 0.05) is 38.9 Å². The van der Waals surface area contributed by atoms with Crippen LogP contribution in [0.25, 0.3) is 11.0 Å². The van der Waals surface area contributed by atoms with E-state index in [1.54, 1.807) is 37.5 Å². The van der Waals surface area contributed by atoms with Gasteiger partial charge in [-0.3, -0.25) is 4.79 Å². The van der Waals surface area contributed by atoms with E-state index < -0.39 is 34.5 Å². The lowest BCUT2D eigenvalue weighted by Crippen LogP contribution is -2.50. The van der Waals surface area contributed by atoms with Crippen molar-refractivity contribution in [2.45, 2.75) is 39.8 Å². The number of carbonyl (C=O) groups excluding carboxylic acids is 1. The fourth-order valence-corrected chi connectivity index (χ4v) is 3.32. The standard InChI is InChI=1S/C20H25FN4O5/c1-5-23-11-13(18(27)28)15(26)12-10-14(21)17(22-16(12)23)24-6-8-25(9-7-24)19(29)30-20(2,3)4/h10-11H,5-9H2,1-4H3,(H,27,28). The second-order valence-electron chi connectivity index (χ2n) is 8.08. The molecule has 10 heteroatoms. The van der Waals surface area contributed by atoms with Gasteiger partial charge in [0.25, 0.3) is 0 Å². The molecule has 0 radical (unpaired) electrons. The highest BCUT2D eigenvalue weighted by Crippen LogP contribution is 2.23. The Balaban J connectivity index is 1.90. The Hall–Kier alpha value is -3.17. The molecule has 1 amide bonds. The van der Waals surface area contributed by atoms with Crippen LogP contribution in [0.5, 0.6) is 0 Å². The first-order valence-corrected chi connectivity index (χ1v) is 9.71. The number of nitrogens with zero attached hydrogens (tertiary/aromatic N) is 4. The Morgan fingerprint density at radius 3 is 2.40 bits per heavy atom. The van der Waals surface area contributed by atoms with Crippen molar-refractivity contribution in [1.82, 2.24) is 14.5 Å². The normalized spacial score (nSPS) is 14.8. The van der Waals surface area contributed by atoms with E-state index in [4.69, 9.17) is 4.74 Å². The highest BCUT2D eigenvalue weighted by Gasteiger charge is 2.28. The number of ether oxygens (including phenoxy) is 1. The zero-order valence-corrected chi connectivity index (χ0v) is 17.4. The van der Waals surface area contributed by atoms with Crippen LogP contribution in [0.15, 0.2) is 17.1 Å². The molecule has 162 valence electrons. The van der Waals surface area contributed by atoms with E-state index in [1.807, 2.05) is 0 Å². The number of aromatic nitrogens is 2. The number of hydrogen-bond acceptors (Lipinski definition) is 6. The summed E-state index contributed by atoms with van der Waals surface area (Å²) in [4.78, 5) is 43.6. The number of fused-ring (bicyclic) bond motifs is 1. The van der Waals surface area contributed by atoms with Crippen LogP contribution in [0.2, 0.25) is 0 Å². The third kappa shape index (κ3) is 4.22. The molecule has 0 aliphatic carbocycles. The summed E-state index contributed by atoms with van der Waals surface area (Å²) in [7, 11) is 0. The minimum Gasteiger partial charge on any atom is -0.477 e. The third-order valence-corrected chi connectivity index (χ3v) is 4.79. The van der Waals surface area contributed by atoms with E-state index in [1.165, 1.54) is 10.8 Å². The number of carbonyl (C=O) groups is 2. The first kappa shape index (κ1) is 21.5. The largest absolute Gasteiger partial charge is 0.477 e. The molecule has 0 unspecified atom stereocenters. The maximum Gasteiger partial charge on any atom is 0.410 e. The van der Waals surface area contributed by atoms with Crippen LogP contribution in [-0.2, 0) is 11.3 Å². The maximum atomic E-state index is 14.8. The Kier molecular flexibility index (Phi) is 5.69. The lowest BCUT2D eigenvalue weighted by molar-refractivity contribution is 0.0240. The highest BCUT2D eigenvalue weighted by atomic mass is 19.1. The van der Waals surface area contributed by atoms with Crippen molar-refractivity contribution >= 4 is 28.9 Å². The fourth-order valence-electron chi connectivity index (χ4n) is 3.32. The van der Waals surface area contributed by atoms with Gasteiger partial charge in [0.05, 0.1) is 5.39 Å². The lowest BCUT2D eigenvalue weighted by atomic mass is 10.2. The first-order valence-electron chi connectivity index (χ1n) is 9.71. The van der Waals surface area contributed by atoms with E-state index in [9.17, 15) is 23.9 Å². The molecular weight excluding hydrogens is 395 g/mol. The fraction of sp³-hybridized carbons (Fsp3) is 0.500. The molecule has 0 bridgehead atoms. The molecule has 0 atom stereocenters. The predicted octanol–water partition coefficient (Wildman–Crippen LogP) is 2.31. The van der Waals surface area contributed by atoms with Crippen LogP contribution in [-0.4, -0.2) is 63.4 Å². The van der Waals surface area contributed by atoms with E-state index in [0.717, 1.165) is 6.07 Å². The van der Waals surface area contributed by atoms with Gasteiger partial charge in [-0.1, -0.05) is 0 Å². The summed E-state index contributed by atoms with van der Waals surface area (Å²) in [5, 5.41) is 9.16. The number of anilines is 1. The van der Waals surface area contributed by atoms with Gasteiger partial charge in [-0.05, 0) is 33.8 Å². The van der Waals surface area contributed by atoms with Crippen molar-refractivity contribution in [2.24, 2.45) is 0 Å². The summed E-state index contributed by atoms with van der Waals surface area (Å²) in [6, 6.07) is 1.04. The Labute approximate surface area is 172 Å². The number of rotatable bonds is 3. The number of pyridine rings is 2. The zero-order chi connectivity index (χ0) is 22.2. The van der Waals surface area contributed by atoms with Gasteiger partial charge in [0.2, 0.25) is 5.43 Å². The van der Waals surface area contributed by atoms with Crippen LogP contribution in [0.4, 0.5) is 15.0 Å². The molecule has 1 aliphatic rings. The number of hydrogen-bond donors (Lipinski definition) is 1. The molecule has 0 saturated carbocycles. The number of amides is 1. The van der Waals surface area contributed by atoms with Crippen molar-refractivity contribution in [3.63, 3.8) is 0 Å². The topological polar surface area (TPSA) is 105 Å². The van der Waals surface area contributed by atoms with E-state index in [2.05, 4.69) is 4.98 Å². The lowest BCUT2D eigenvalue weighted by Gasteiger charge is -2.36. The van der Waals surface area contributed by atoms with Crippen molar-refractivity contribution in [2.75, 3.05) is 31.1 Å². The summed E-state index contributed by atoms with van der Waals surface area (Å²) < 4.78 is 21.7. The Bertz CT molecular complexity index is 1050. The van der Waals surface area contributed by atoms with E-state index in [-0.39, 0.29) is 16.9 Å². The van der Waals surface area contributed by atoms with E-state index >= 15 is 0 Å². The molecule has 3 heterocycles. The number of carboxylic acids is 1. The molecule has 1 N–H and O–H groups in total.